The van der Waals surface area contributed by atoms with Crippen LogP contribution in [0.25, 0.3) is 0 Å². The molecule has 1 saturated heterocycles. The predicted molar refractivity (Wildman–Crippen MR) is 63.9 cm³/mol. The molecule has 1 aliphatic heterocycles. The van der Waals surface area contributed by atoms with E-state index in [1.54, 1.807) is 0 Å². The molecule has 1 fully saturated rings. The van der Waals surface area contributed by atoms with Crippen molar-refractivity contribution in [2.45, 2.75) is 24.8 Å². The molecule has 17 heavy (non-hydrogen) atoms. The molecule has 1 aliphatic rings. The van der Waals surface area contributed by atoms with Gasteiger partial charge in [-0.1, -0.05) is 24.3 Å². The van der Waals surface area contributed by atoms with E-state index in [9.17, 15) is 4.79 Å². The van der Waals surface area contributed by atoms with E-state index in [1.807, 2.05) is 31.2 Å². The number of ether oxygens (including phenoxy) is 1. The summed E-state index contributed by atoms with van der Waals surface area (Å²) in [5.41, 5.74) is 7.97. The number of carboxylic acids is 1. The van der Waals surface area contributed by atoms with E-state index in [2.05, 4.69) is 0 Å². The van der Waals surface area contributed by atoms with Crippen LogP contribution in [0.15, 0.2) is 24.3 Å². The molecular weight excluding hydrogens is 218 g/mol. The maximum Gasteiger partial charge on any atom is 0.304 e. The van der Waals surface area contributed by atoms with Gasteiger partial charge in [-0.3, -0.25) is 4.79 Å². The molecule has 0 spiro atoms. The first kappa shape index (κ1) is 12.1. The van der Waals surface area contributed by atoms with Gasteiger partial charge in [0.15, 0.2) is 0 Å². The first-order valence-corrected chi connectivity index (χ1v) is 5.67. The Labute approximate surface area is 100 Å². The largest absolute Gasteiger partial charge is 0.481 e. The van der Waals surface area contributed by atoms with Gasteiger partial charge in [-0.15, -0.1) is 0 Å². The molecule has 0 radical (unpaired) electrons. The Balaban J connectivity index is 2.31. The van der Waals surface area contributed by atoms with Gasteiger partial charge in [0, 0.05) is 6.04 Å². The standard InChI is InChI=1S/C13H17NO3/c1-9-4-2-3-5-10(9)13(7-17-8-13)11(14)6-12(15)16/h2-5,11H,6-8,14H2,1H3,(H,15,16). The van der Waals surface area contributed by atoms with Crippen molar-refractivity contribution in [3.05, 3.63) is 35.4 Å². The van der Waals surface area contributed by atoms with Crippen LogP contribution in [0.1, 0.15) is 17.5 Å². The molecular formula is C13H17NO3. The summed E-state index contributed by atoms with van der Waals surface area (Å²) in [5, 5.41) is 8.86. The number of nitrogens with two attached hydrogens (primary N) is 1. The highest BCUT2D eigenvalue weighted by Gasteiger charge is 2.46. The summed E-state index contributed by atoms with van der Waals surface area (Å²) in [6.45, 7) is 3.03. The molecule has 1 unspecified atom stereocenters. The molecule has 1 aromatic carbocycles. The average Bonchev–Trinajstić information content (AvgIpc) is 2.18. The first-order valence-electron chi connectivity index (χ1n) is 5.67. The van der Waals surface area contributed by atoms with Crippen LogP contribution in [-0.4, -0.2) is 30.3 Å². The van der Waals surface area contributed by atoms with Gasteiger partial charge in [0.25, 0.3) is 0 Å². The lowest BCUT2D eigenvalue weighted by molar-refractivity contribution is -0.140. The third-order valence-electron chi connectivity index (χ3n) is 3.51. The highest BCUT2D eigenvalue weighted by molar-refractivity contribution is 5.68. The lowest BCUT2D eigenvalue weighted by atomic mass is 9.70. The first-order chi connectivity index (χ1) is 8.06. The van der Waals surface area contributed by atoms with E-state index in [1.165, 1.54) is 0 Å². The summed E-state index contributed by atoms with van der Waals surface area (Å²) in [4.78, 5) is 10.8. The van der Waals surface area contributed by atoms with Crippen molar-refractivity contribution in [1.82, 2.24) is 0 Å². The highest BCUT2D eigenvalue weighted by Crippen LogP contribution is 2.37. The smallest absolute Gasteiger partial charge is 0.304 e. The Morgan fingerprint density at radius 3 is 2.65 bits per heavy atom. The van der Waals surface area contributed by atoms with E-state index >= 15 is 0 Å². The van der Waals surface area contributed by atoms with E-state index in [4.69, 9.17) is 15.6 Å². The van der Waals surface area contributed by atoms with Crippen LogP contribution in [0.4, 0.5) is 0 Å². The summed E-state index contributed by atoms with van der Waals surface area (Å²) in [6, 6.07) is 7.54. The number of carboxylic acid groups (broad SMARTS) is 1. The van der Waals surface area contributed by atoms with E-state index < -0.39 is 12.0 Å². The average molecular weight is 235 g/mol. The number of aliphatic carboxylic acids is 1. The Morgan fingerprint density at radius 2 is 2.18 bits per heavy atom. The fraction of sp³-hybridized carbons (Fsp3) is 0.462. The lowest BCUT2D eigenvalue weighted by Gasteiger charge is -2.46. The van der Waals surface area contributed by atoms with Crippen molar-refractivity contribution in [2.24, 2.45) is 5.73 Å². The molecule has 1 atom stereocenters. The second-order valence-electron chi connectivity index (χ2n) is 4.67. The Hall–Kier alpha value is -1.39. The Bertz CT molecular complexity index is 426. The van der Waals surface area contributed by atoms with Crippen molar-refractivity contribution >= 4 is 5.97 Å². The van der Waals surface area contributed by atoms with Gasteiger partial charge >= 0.3 is 5.97 Å². The summed E-state index contributed by atoms with van der Waals surface area (Å²) in [5.74, 6) is -0.864. The van der Waals surface area contributed by atoms with Crippen molar-refractivity contribution in [3.63, 3.8) is 0 Å². The maximum atomic E-state index is 10.8. The van der Waals surface area contributed by atoms with Crippen LogP contribution in [0, 0.1) is 6.92 Å². The monoisotopic (exact) mass is 235 g/mol. The van der Waals surface area contributed by atoms with Crippen LogP contribution < -0.4 is 5.73 Å². The summed E-state index contributed by atoms with van der Waals surface area (Å²) in [7, 11) is 0. The minimum absolute atomic E-state index is 0.0301. The Morgan fingerprint density at radius 1 is 1.53 bits per heavy atom. The number of hydrogen-bond acceptors (Lipinski definition) is 3. The molecule has 0 aliphatic carbocycles. The number of aryl methyl sites for hydroxylation is 1. The number of carbonyl (C=O) groups is 1. The third-order valence-corrected chi connectivity index (χ3v) is 3.51. The molecule has 1 aromatic rings. The topological polar surface area (TPSA) is 72.6 Å². The van der Waals surface area contributed by atoms with Gasteiger partial charge in [-0.25, -0.2) is 0 Å². The zero-order chi connectivity index (χ0) is 12.5. The van der Waals surface area contributed by atoms with Gasteiger partial charge in [0.1, 0.15) is 0 Å². The van der Waals surface area contributed by atoms with Crippen molar-refractivity contribution < 1.29 is 14.6 Å². The number of rotatable bonds is 4. The van der Waals surface area contributed by atoms with E-state index in [-0.39, 0.29) is 11.8 Å². The fourth-order valence-corrected chi connectivity index (χ4v) is 2.41. The molecule has 1 heterocycles. The number of hydrogen-bond donors (Lipinski definition) is 2. The van der Waals surface area contributed by atoms with Crippen LogP contribution in [-0.2, 0) is 14.9 Å². The second kappa shape index (κ2) is 4.47. The molecule has 0 amide bonds. The molecule has 0 saturated carbocycles. The van der Waals surface area contributed by atoms with Gasteiger partial charge in [0.05, 0.1) is 25.0 Å². The molecule has 2 rings (SSSR count). The summed E-state index contributed by atoms with van der Waals surface area (Å²) >= 11 is 0. The second-order valence-corrected chi connectivity index (χ2v) is 4.67. The lowest BCUT2D eigenvalue weighted by Crippen LogP contribution is -2.59. The van der Waals surface area contributed by atoms with Crippen LogP contribution in [0.3, 0.4) is 0 Å². The van der Waals surface area contributed by atoms with Gasteiger partial charge in [0.2, 0.25) is 0 Å². The summed E-state index contributed by atoms with van der Waals surface area (Å²) < 4.78 is 5.28. The molecule has 4 nitrogen and oxygen atoms in total. The van der Waals surface area contributed by atoms with E-state index in [0.29, 0.717) is 13.2 Å². The molecule has 92 valence electrons. The Kier molecular flexibility index (Phi) is 3.17. The molecule has 4 heteroatoms. The van der Waals surface area contributed by atoms with Gasteiger partial charge < -0.3 is 15.6 Å². The van der Waals surface area contributed by atoms with E-state index in [0.717, 1.165) is 11.1 Å². The van der Waals surface area contributed by atoms with Crippen molar-refractivity contribution in [2.75, 3.05) is 13.2 Å². The molecule has 0 aromatic heterocycles. The third kappa shape index (κ3) is 2.06. The molecule has 3 N–H and O–H groups in total. The van der Waals surface area contributed by atoms with Crippen LogP contribution in [0.2, 0.25) is 0 Å². The van der Waals surface area contributed by atoms with Crippen LogP contribution in [0.5, 0.6) is 0 Å². The van der Waals surface area contributed by atoms with Crippen LogP contribution >= 0.6 is 0 Å². The van der Waals surface area contributed by atoms with Gasteiger partial charge in [-0.2, -0.15) is 0 Å². The SMILES string of the molecule is Cc1ccccc1C1(C(N)CC(=O)O)COC1. The predicted octanol–water partition coefficient (Wildman–Crippen LogP) is 1.07. The number of benzene rings is 1. The highest BCUT2D eigenvalue weighted by atomic mass is 16.5. The zero-order valence-corrected chi connectivity index (χ0v) is 9.85. The minimum atomic E-state index is -0.864. The summed E-state index contributed by atoms with van der Waals surface area (Å²) in [6.07, 6.45) is -0.0301. The van der Waals surface area contributed by atoms with Gasteiger partial charge in [-0.05, 0) is 18.1 Å². The molecule has 0 bridgehead atoms. The maximum absolute atomic E-state index is 10.8. The minimum Gasteiger partial charge on any atom is -0.481 e. The zero-order valence-electron chi connectivity index (χ0n) is 9.85. The fourth-order valence-electron chi connectivity index (χ4n) is 2.41. The quantitative estimate of drug-likeness (QED) is 0.818. The van der Waals surface area contributed by atoms with Crippen molar-refractivity contribution in [3.8, 4) is 0 Å². The van der Waals surface area contributed by atoms with Crippen molar-refractivity contribution in [1.29, 1.82) is 0 Å². The normalized spacial score (nSPS) is 19.4.